The number of benzene rings is 1. The molecular weight excluding hydrogens is 358 g/mol. The maximum Gasteiger partial charge on any atom is 0.286 e. The number of aromatic nitrogens is 1. The van der Waals surface area contributed by atoms with E-state index in [1.807, 2.05) is 17.6 Å². The lowest BCUT2D eigenvalue weighted by Gasteiger charge is -2.24. The van der Waals surface area contributed by atoms with Gasteiger partial charge in [-0.15, -0.1) is 15.7 Å². The fourth-order valence-electron chi connectivity index (χ4n) is 3.14. The van der Waals surface area contributed by atoms with Crippen LogP contribution in [-0.2, 0) is 10.0 Å². The second-order valence-electron chi connectivity index (χ2n) is 6.07. The van der Waals surface area contributed by atoms with Gasteiger partial charge in [0.1, 0.15) is 10.7 Å². The van der Waals surface area contributed by atoms with E-state index in [2.05, 4.69) is 24.5 Å². The topological polar surface area (TPSA) is 77.9 Å². The molecule has 25 heavy (non-hydrogen) atoms. The highest BCUT2D eigenvalue weighted by Gasteiger charge is 2.26. The Morgan fingerprint density at radius 1 is 1.16 bits per heavy atom. The maximum atomic E-state index is 12.3. The molecule has 1 fully saturated rings. The normalized spacial score (nSPS) is 20.3. The highest BCUT2D eigenvalue weighted by atomic mass is 32.2. The number of amidine groups is 1. The van der Waals surface area contributed by atoms with Crippen LogP contribution in [-0.4, -0.2) is 56.9 Å². The molecule has 1 N–H and O–H groups in total. The van der Waals surface area contributed by atoms with Crippen LogP contribution in [0.5, 0.6) is 0 Å². The Labute approximate surface area is 151 Å². The highest BCUT2D eigenvalue weighted by Crippen LogP contribution is 2.27. The average molecular weight is 377 g/mol. The van der Waals surface area contributed by atoms with Crippen molar-refractivity contribution < 1.29 is 8.42 Å². The van der Waals surface area contributed by atoms with Gasteiger partial charge in [-0.3, -0.25) is 4.90 Å². The van der Waals surface area contributed by atoms with Gasteiger partial charge >= 0.3 is 0 Å². The van der Waals surface area contributed by atoms with Crippen LogP contribution in [0, 0.1) is 0 Å². The van der Waals surface area contributed by atoms with Crippen molar-refractivity contribution in [3.05, 3.63) is 35.8 Å². The molecule has 4 rings (SSSR count). The van der Waals surface area contributed by atoms with Gasteiger partial charge in [0.15, 0.2) is 5.13 Å². The van der Waals surface area contributed by atoms with Crippen LogP contribution in [0.1, 0.15) is 6.42 Å². The molecule has 0 amide bonds. The lowest BCUT2D eigenvalue weighted by atomic mass is 10.3. The molecule has 1 saturated heterocycles. The smallest absolute Gasteiger partial charge is 0.286 e. The maximum absolute atomic E-state index is 12.3. The van der Waals surface area contributed by atoms with E-state index in [4.69, 9.17) is 0 Å². The Balaban J connectivity index is 1.45. The third-order valence-corrected chi connectivity index (χ3v) is 6.53. The van der Waals surface area contributed by atoms with Gasteiger partial charge in [0.25, 0.3) is 10.0 Å². The minimum atomic E-state index is -3.62. The second-order valence-corrected chi connectivity index (χ2v) is 8.51. The van der Waals surface area contributed by atoms with Crippen LogP contribution < -0.4 is 10.2 Å². The molecule has 3 heterocycles. The summed E-state index contributed by atoms with van der Waals surface area (Å²) in [6, 6.07) is 6.88. The van der Waals surface area contributed by atoms with Crippen LogP contribution in [0.25, 0.3) is 0 Å². The molecule has 2 aliphatic heterocycles. The quantitative estimate of drug-likeness (QED) is 0.880. The van der Waals surface area contributed by atoms with Crippen molar-refractivity contribution in [1.82, 2.24) is 9.88 Å². The zero-order valence-corrected chi connectivity index (χ0v) is 15.3. The molecule has 0 radical (unpaired) electrons. The molecule has 0 unspecified atom stereocenters. The minimum Gasteiger partial charge on any atom is -0.347 e. The number of fused-ring (bicyclic) bond motifs is 1. The van der Waals surface area contributed by atoms with Crippen molar-refractivity contribution in [3.63, 3.8) is 0 Å². The van der Waals surface area contributed by atoms with Crippen molar-refractivity contribution in [3.8, 4) is 0 Å². The van der Waals surface area contributed by atoms with E-state index >= 15 is 0 Å². The van der Waals surface area contributed by atoms with Gasteiger partial charge in [-0.25, -0.2) is 4.98 Å². The lowest BCUT2D eigenvalue weighted by molar-refractivity contribution is 0.334. The molecule has 0 bridgehead atoms. The van der Waals surface area contributed by atoms with Gasteiger partial charge in [0, 0.05) is 37.8 Å². The van der Waals surface area contributed by atoms with E-state index in [0.29, 0.717) is 18.1 Å². The third kappa shape index (κ3) is 3.53. The van der Waals surface area contributed by atoms with E-state index in [-0.39, 0.29) is 4.90 Å². The lowest BCUT2D eigenvalue weighted by Crippen LogP contribution is -2.38. The summed E-state index contributed by atoms with van der Waals surface area (Å²) in [6.07, 6.45) is 2.84. The van der Waals surface area contributed by atoms with Gasteiger partial charge in [-0.2, -0.15) is 8.42 Å². The Morgan fingerprint density at radius 2 is 2.04 bits per heavy atom. The summed E-state index contributed by atoms with van der Waals surface area (Å²) in [5.41, 5.74) is 0.603. The van der Waals surface area contributed by atoms with Crippen molar-refractivity contribution in [2.75, 3.05) is 42.9 Å². The molecule has 1 aromatic heterocycles. The summed E-state index contributed by atoms with van der Waals surface area (Å²) < 4.78 is 28.6. The van der Waals surface area contributed by atoms with E-state index in [1.54, 1.807) is 29.5 Å². The molecule has 1 aromatic carbocycles. The molecule has 9 heteroatoms. The summed E-state index contributed by atoms with van der Waals surface area (Å²) in [5.74, 6) is 0.487. The van der Waals surface area contributed by atoms with Crippen LogP contribution in [0.2, 0.25) is 0 Å². The monoisotopic (exact) mass is 377 g/mol. The Kier molecular flexibility index (Phi) is 4.45. The fourth-order valence-corrected chi connectivity index (χ4v) is 4.98. The van der Waals surface area contributed by atoms with Gasteiger partial charge in [0.2, 0.25) is 0 Å². The summed E-state index contributed by atoms with van der Waals surface area (Å²) in [6.45, 7) is 4.10. The molecule has 0 atom stereocenters. The van der Waals surface area contributed by atoms with E-state index < -0.39 is 10.0 Å². The van der Waals surface area contributed by atoms with E-state index in [9.17, 15) is 8.42 Å². The van der Waals surface area contributed by atoms with Gasteiger partial charge in [-0.05, 0) is 18.6 Å². The Bertz CT molecular complexity index is 880. The fraction of sp³-hybridized carbons (Fsp3) is 0.375. The number of sulfonamides is 1. The number of rotatable bonds is 3. The molecule has 132 valence electrons. The number of hydrogen-bond acceptors (Lipinski definition) is 7. The summed E-state index contributed by atoms with van der Waals surface area (Å²) in [5, 5.41) is 6.20. The molecule has 0 spiro atoms. The number of anilines is 2. The molecule has 2 aliphatic rings. The highest BCUT2D eigenvalue weighted by molar-refractivity contribution is 7.90. The van der Waals surface area contributed by atoms with Crippen molar-refractivity contribution in [2.45, 2.75) is 11.3 Å². The predicted octanol–water partition coefficient (Wildman–Crippen LogP) is 1.87. The number of nitrogens with zero attached hydrogens (tertiary/aromatic N) is 4. The zero-order chi connectivity index (χ0) is 17.3. The minimum absolute atomic E-state index is 0.240. The van der Waals surface area contributed by atoms with Crippen LogP contribution in [0.4, 0.5) is 10.8 Å². The second kappa shape index (κ2) is 6.74. The Hall–Kier alpha value is -1.97. The molecule has 0 saturated carbocycles. The van der Waals surface area contributed by atoms with E-state index in [1.165, 1.54) is 0 Å². The third-order valence-electron chi connectivity index (χ3n) is 4.33. The number of thiazole rings is 1. The SMILES string of the molecule is O=S1(=O)N=C(CN2CCCN(c3nccs3)CC2)Nc2ccccc21. The first-order valence-corrected chi connectivity index (χ1v) is 10.5. The van der Waals surface area contributed by atoms with Gasteiger partial charge in [-0.1, -0.05) is 12.1 Å². The first kappa shape index (κ1) is 16.5. The largest absolute Gasteiger partial charge is 0.347 e. The number of nitrogens with one attached hydrogen (secondary N) is 1. The van der Waals surface area contributed by atoms with Crippen LogP contribution in [0.3, 0.4) is 0 Å². The predicted molar refractivity (Wildman–Crippen MR) is 100 cm³/mol. The number of hydrogen-bond donors (Lipinski definition) is 1. The average Bonchev–Trinajstić information content (AvgIpc) is 3.02. The summed E-state index contributed by atoms with van der Waals surface area (Å²) >= 11 is 1.65. The van der Waals surface area contributed by atoms with Gasteiger partial charge < -0.3 is 10.2 Å². The Morgan fingerprint density at radius 3 is 2.88 bits per heavy atom. The van der Waals surface area contributed by atoms with Crippen molar-refractivity contribution in [2.24, 2.45) is 4.40 Å². The van der Waals surface area contributed by atoms with Crippen molar-refractivity contribution in [1.29, 1.82) is 0 Å². The molecular formula is C16H19N5O2S2. The first-order chi connectivity index (χ1) is 12.1. The standard InChI is InChI=1S/C16H19N5O2S2/c22-25(23)14-5-2-1-4-13(14)18-15(19-25)12-20-7-3-8-21(10-9-20)16-17-6-11-24-16/h1-2,4-6,11H,3,7-10,12H2,(H,18,19). The summed E-state index contributed by atoms with van der Waals surface area (Å²) in [7, 11) is -3.62. The molecule has 2 aromatic rings. The zero-order valence-electron chi connectivity index (χ0n) is 13.6. The first-order valence-electron chi connectivity index (χ1n) is 8.18. The van der Waals surface area contributed by atoms with Crippen LogP contribution >= 0.6 is 11.3 Å². The van der Waals surface area contributed by atoms with Gasteiger partial charge in [0.05, 0.1) is 12.2 Å². The molecule has 0 aliphatic carbocycles. The number of para-hydroxylation sites is 1. The van der Waals surface area contributed by atoms with Crippen LogP contribution in [0.15, 0.2) is 45.1 Å². The van der Waals surface area contributed by atoms with E-state index in [0.717, 1.165) is 37.7 Å². The molecule has 7 nitrogen and oxygen atoms in total. The van der Waals surface area contributed by atoms with Crippen molar-refractivity contribution >= 4 is 38.0 Å². The summed E-state index contributed by atoms with van der Waals surface area (Å²) in [4.78, 5) is 9.14.